The van der Waals surface area contributed by atoms with Crippen LogP contribution < -0.4 is 11.5 Å². The van der Waals surface area contributed by atoms with Crippen LogP contribution in [0.4, 0.5) is 9.59 Å². The molecular formula is C25H36N2O4. The summed E-state index contributed by atoms with van der Waals surface area (Å²) in [5.74, 6) is 1.68. The van der Waals surface area contributed by atoms with Gasteiger partial charge in [0.25, 0.3) is 0 Å². The van der Waals surface area contributed by atoms with Gasteiger partial charge in [0.2, 0.25) is 0 Å². The predicted octanol–water partition coefficient (Wildman–Crippen LogP) is 4.50. The van der Waals surface area contributed by atoms with E-state index in [0.29, 0.717) is 31.0 Å². The molecule has 4 unspecified atom stereocenters. The summed E-state index contributed by atoms with van der Waals surface area (Å²) >= 11 is 0. The van der Waals surface area contributed by atoms with E-state index in [4.69, 9.17) is 20.9 Å². The van der Waals surface area contributed by atoms with E-state index in [1.165, 1.54) is 5.56 Å². The first-order valence-electron chi connectivity index (χ1n) is 11.5. The number of rotatable bonds is 6. The molecule has 1 aromatic carbocycles. The molecule has 170 valence electrons. The molecule has 0 radical (unpaired) electrons. The quantitative estimate of drug-likeness (QED) is 0.696. The number of hydrogen-bond acceptors (Lipinski definition) is 4. The molecular weight excluding hydrogens is 392 g/mol. The van der Waals surface area contributed by atoms with Crippen molar-refractivity contribution in [3.8, 4) is 0 Å². The molecule has 6 atom stereocenters. The van der Waals surface area contributed by atoms with Crippen molar-refractivity contribution in [3.05, 3.63) is 35.9 Å². The smallest absolute Gasteiger partial charge is 0.404 e. The van der Waals surface area contributed by atoms with Crippen LogP contribution in [0.3, 0.4) is 0 Å². The Morgan fingerprint density at radius 3 is 2.32 bits per heavy atom. The van der Waals surface area contributed by atoms with Crippen LogP contribution in [0.2, 0.25) is 0 Å². The van der Waals surface area contributed by atoms with Crippen LogP contribution >= 0.6 is 0 Å². The number of amides is 2. The zero-order valence-corrected chi connectivity index (χ0v) is 18.9. The summed E-state index contributed by atoms with van der Waals surface area (Å²) in [5.41, 5.74) is 11.8. The number of primary amides is 2. The second-order valence-electron chi connectivity index (χ2n) is 11.2. The van der Waals surface area contributed by atoms with Crippen LogP contribution in [0.5, 0.6) is 0 Å². The Balaban J connectivity index is 1.83. The topological polar surface area (TPSA) is 105 Å². The van der Waals surface area contributed by atoms with Gasteiger partial charge in [-0.3, -0.25) is 0 Å². The van der Waals surface area contributed by atoms with Crippen LogP contribution in [0.1, 0.15) is 52.0 Å². The minimum Gasteiger partial charge on any atom is -0.449 e. The van der Waals surface area contributed by atoms with Crippen molar-refractivity contribution < 1.29 is 19.1 Å². The molecule has 6 heteroatoms. The SMILES string of the molecule is CC(C)(C)C1(Cc2ccccc2)[C@@H]2CC3C[C@@H](CC1(COC(N)=O)C3)C2COC(N)=O. The predicted molar refractivity (Wildman–Crippen MR) is 118 cm³/mol. The molecule has 6 nitrogen and oxygen atoms in total. The Kier molecular flexibility index (Phi) is 5.47. The van der Waals surface area contributed by atoms with Crippen LogP contribution in [-0.4, -0.2) is 25.4 Å². The Labute approximate surface area is 185 Å². The first-order valence-corrected chi connectivity index (χ1v) is 11.5. The number of carbonyl (C=O) groups is 2. The minimum absolute atomic E-state index is 0.0627. The monoisotopic (exact) mass is 428 g/mol. The normalized spacial score (nSPS) is 36.2. The van der Waals surface area contributed by atoms with Gasteiger partial charge in [-0.15, -0.1) is 0 Å². The highest BCUT2D eigenvalue weighted by Crippen LogP contribution is 2.75. The molecule has 4 saturated carbocycles. The second kappa shape index (κ2) is 7.72. The molecule has 5 rings (SSSR count). The van der Waals surface area contributed by atoms with Crippen molar-refractivity contribution in [2.75, 3.05) is 13.2 Å². The van der Waals surface area contributed by atoms with Crippen LogP contribution in [-0.2, 0) is 15.9 Å². The molecule has 4 aliphatic rings. The molecule has 0 aliphatic heterocycles. The lowest BCUT2D eigenvalue weighted by molar-refractivity contribution is -0.265. The number of ether oxygens (including phenoxy) is 2. The molecule has 4 aliphatic carbocycles. The summed E-state index contributed by atoms with van der Waals surface area (Å²) in [6.07, 6.45) is 3.78. The molecule has 31 heavy (non-hydrogen) atoms. The maximum absolute atomic E-state index is 11.7. The lowest BCUT2D eigenvalue weighted by atomic mass is 9.31. The number of benzene rings is 1. The minimum atomic E-state index is -0.704. The van der Waals surface area contributed by atoms with E-state index in [0.717, 1.165) is 32.1 Å². The fourth-order valence-corrected chi connectivity index (χ4v) is 8.16. The third kappa shape index (κ3) is 3.58. The third-order valence-electron chi connectivity index (χ3n) is 8.83. The fourth-order valence-electron chi connectivity index (χ4n) is 8.16. The maximum atomic E-state index is 11.7. The molecule has 0 aromatic heterocycles. The average molecular weight is 429 g/mol. The van der Waals surface area contributed by atoms with Crippen molar-refractivity contribution in [1.29, 1.82) is 0 Å². The van der Waals surface area contributed by atoms with Gasteiger partial charge in [0.1, 0.15) is 0 Å². The van der Waals surface area contributed by atoms with E-state index in [9.17, 15) is 9.59 Å². The molecule has 0 saturated heterocycles. The van der Waals surface area contributed by atoms with Gasteiger partial charge in [-0.05, 0) is 72.2 Å². The summed E-state index contributed by atoms with van der Waals surface area (Å²) in [7, 11) is 0. The van der Waals surface area contributed by atoms with Crippen LogP contribution in [0, 0.1) is 39.9 Å². The van der Waals surface area contributed by atoms with Gasteiger partial charge in [0.15, 0.2) is 0 Å². The first kappa shape index (κ1) is 22.0. The van der Waals surface area contributed by atoms with Crippen molar-refractivity contribution in [1.82, 2.24) is 0 Å². The van der Waals surface area contributed by atoms with E-state index in [1.54, 1.807) is 0 Å². The number of hydrogen-bond donors (Lipinski definition) is 2. The van der Waals surface area contributed by atoms with E-state index >= 15 is 0 Å². The van der Waals surface area contributed by atoms with Gasteiger partial charge >= 0.3 is 12.2 Å². The Bertz CT molecular complexity index is 836. The standard InChI is InChI=1S/C25H36N2O4/c1-23(2,3)25(12-16-7-5-4-6-8-16)20-10-17-9-18(19(20)14-30-21(26)28)13-24(25,11-17)15-31-22(27)29/h4-8,17-20H,9-15H2,1-3H3,(H2,26,28)(H2,27,29)/t17?,18-,19?,20+,24?,25?/m0/s1. The van der Waals surface area contributed by atoms with Crippen molar-refractivity contribution in [2.24, 2.45) is 51.4 Å². The maximum Gasteiger partial charge on any atom is 0.404 e. The summed E-state index contributed by atoms with van der Waals surface area (Å²) in [6.45, 7) is 7.68. The van der Waals surface area contributed by atoms with Crippen molar-refractivity contribution in [3.63, 3.8) is 0 Å². The highest BCUT2D eigenvalue weighted by atomic mass is 16.5. The molecule has 1 aromatic rings. The molecule has 0 heterocycles. The number of nitrogens with two attached hydrogens (primary N) is 2. The first-order chi connectivity index (χ1) is 14.6. The molecule has 4 N–H and O–H groups in total. The largest absolute Gasteiger partial charge is 0.449 e. The zero-order chi connectivity index (χ0) is 22.4. The highest BCUT2D eigenvalue weighted by Gasteiger charge is 2.71. The van der Waals surface area contributed by atoms with E-state index in [1.807, 2.05) is 6.07 Å². The Morgan fingerprint density at radius 1 is 1.03 bits per heavy atom. The van der Waals surface area contributed by atoms with Crippen LogP contribution in [0.25, 0.3) is 0 Å². The Morgan fingerprint density at radius 2 is 1.71 bits per heavy atom. The van der Waals surface area contributed by atoms with Gasteiger partial charge in [-0.1, -0.05) is 51.1 Å². The van der Waals surface area contributed by atoms with E-state index in [2.05, 4.69) is 45.0 Å². The average Bonchev–Trinajstić information content (AvgIpc) is 2.68. The highest BCUT2D eigenvalue weighted by molar-refractivity contribution is 5.65. The molecule has 0 spiro atoms. The van der Waals surface area contributed by atoms with Crippen LogP contribution in [0.15, 0.2) is 30.3 Å². The summed E-state index contributed by atoms with van der Waals surface area (Å²) in [6, 6.07) is 10.6. The van der Waals surface area contributed by atoms with E-state index in [-0.39, 0.29) is 22.2 Å². The lowest BCUT2D eigenvalue weighted by Gasteiger charge is -2.73. The summed E-state index contributed by atoms with van der Waals surface area (Å²) in [5, 5.41) is 0. The van der Waals surface area contributed by atoms with Gasteiger partial charge < -0.3 is 20.9 Å². The zero-order valence-electron chi connectivity index (χ0n) is 18.9. The van der Waals surface area contributed by atoms with Gasteiger partial charge in [-0.25, -0.2) is 9.59 Å². The summed E-state index contributed by atoms with van der Waals surface area (Å²) in [4.78, 5) is 23.1. The summed E-state index contributed by atoms with van der Waals surface area (Å²) < 4.78 is 11.0. The van der Waals surface area contributed by atoms with Gasteiger partial charge in [0, 0.05) is 5.41 Å². The molecule has 4 bridgehead atoms. The second-order valence-corrected chi connectivity index (χ2v) is 11.2. The molecule has 4 fully saturated rings. The van der Waals surface area contributed by atoms with Crippen molar-refractivity contribution >= 4 is 12.2 Å². The van der Waals surface area contributed by atoms with Gasteiger partial charge in [0.05, 0.1) is 13.2 Å². The molecule has 2 amide bonds. The third-order valence-corrected chi connectivity index (χ3v) is 8.83. The Hall–Kier alpha value is -2.24. The van der Waals surface area contributed by atoms with E-state index < -0.39 is 12.2 Å². The van der Waals surface area contributed by atoms with Gasteiger partial charge in [-0.2, -0.15) is 0 Å². The fraction of sp³-hybridized carbons (Fsp3) is 0.680. The lowest BCUT2D eigenvalue weighted by Crippen LogP contribution is -2.70. The number of carbonyl (C=O) groups excluding carboxylic acids is 2. The van der Waals surface area contributed by atoms with Crippen molar-refractivity contribution in [2.45, 2.75) is 52.9 Å².